The van der Waals surface area contributed by atoms with E-state index in [1.54, 1.807) is 18.2 Å². The van der Waals surface area contributed by atoms with Gasteiger partial charge in [-0.3, -0.25) is 10.1 Å². The molecule has 0 spiro atoms. The molecule has 23 heavy (non-hydrogen) atoms. The summed E-state index contributed by atoms with van der Waals surface area (Å²) in [6.45, 7) is 3.07. The lowest BCUT2D eigenvalue weighted by atomic mass is 10.2. The number of nitrogens with zero attached hydrogens (tertiary/aromatic N) is 1. The van der Waals surface area contributed by atoms with Gasteiger partial charge in [-0.15, -0.1) is 6.58 Å². The molecule has 7 heteroatoms. The summed E-state index contributed by atoms with van der Waals surface area (Å²) >= 11 is 0. The Hall–Kier alpha value is -3.22. The minimum atomic E-state index is -0.739. The van der Waals surface area contributed by atoms with Crippen LogP contribution in [0.3, 0.4) is 0 Å². The SMILES string of the molecule is C=CCNC(=O)NC(=O)COC(=O)c1ccc2ccccc2n1. The maximum absolute atomic E-state index is 11.9. The van der Waals surface area contributed by atoms with Gasteiger partial charge in [0.05, 0.1) is 5.52 Å². The molecular weight excluding hydrogens is 298 g/mol. The van der Waals surface area contributed by atoms with Crippen molar-refractivity contribution in [2.45, 2.75) is 0 Å². The molecule has 7 nitrogen and oxygen atoms in total. The van der Waals surface area contributed by atoms with Gasteiger partial charge in [0, 0.05) is 11.9 Å². The summed E-state index contributed by atoms with van der Waals surface area (Å²) in [5.74, 6) is -1.47. The van der Waals surface area contributed by atoms with E-state index < -0.39 is 24.5 Å². The van der Waals surface area contributed by atoms with Crippen molar-refractivity contribution >= 4 is 28.8 Å². The number of esters is 1. The maximum Gasteiger partial charge on any atom is 0.357 e. The van der Waals surface area contributed by atoms with Crippen molar-refractivity contribution in [2.24, 2.45) is 0 Å². The van der Waals surface area contributed by atoms with Crippen molar-refractivity contribution in [3.05, 3.63) is 54.7 Å². The van der Waals surface area contributed by atoms with Gasteiger partial charge in [-0.1, -0.05) is 30.3 Å². The zero-order valence-corrected chi connectivity index (χ0v) is 12.2. The third kappa shape index (κ3) is 4.63. The molecule has 0 saturated heterocycles. The Labute approximate surface area is 132 Å². The van der Waals surface area contributed by atoms with Crippen LogP contribution in [0, 0.1) is 0 Å². The normalized spacial score (nSPS) is 9.91. The van der Waals surface area contributed by atoms with E-state index in [1.807, 2.05) is 17.4 Å². The van der Waals surface area contributed by atoms with Crippen LogP contribution in [0.2, 0.25) is 0 Å². The smallest absolute Gasteiger partial charge is 0.357 e. The van der Waals surface area contributed by atoms with Crippen LogP contribution in [0.1, 0.15) is 10.5 Å². The molecule has 0 radical (unpaired) electrons. The highest BCUT2D eigenvalue weighted by Gasteiger charge is 2.13. The van der Waals surface area contributed by atoms with E-state index in [4.69, 9.17) is 4.74 Å². The van der Waals surface area contributed by atoms with E-state index in [0.717, 1.165) is 5.39 Å². The Bertz CT molecular complexity index is 758. The Morgan fingerprint density at radius 1 is 1.17 bits per heavy atom. The van der Waals surface area contributed by atoms with Crippen LogP contribution >= 0.6 is 0 Å². The average molecular weight is 313 g/mol. The second kappa shape index (κ2) is 7.69. The van der Waals surface area contributed by atoms with Gasteiger partial charge in [0.15, 0.2) is 6.61 Å². The highest BCUT2D eigenvalue weighted by molar-refractivity contribution is 5.97. The molecule has 1 aromatic heterocycles. The fourth-order valence-corrected chi connectivity index (χ4v) is 1.76. The zero-order chi connectivity index (χ0) is 16.7. The molecule has 0 atom stereocenters. The first kappa shape index (κ1) is 16.2. The quantitative estimate of drug-likeness (QED) is 0.642. The van der Waals surface area contributed by atoms with E-state index in [0.29, 0.717) is 5.52 Å². The zero-order valence-electron chi connectivity index (χ0n) is 12.2. The highest BCUT2D eigenvalue weighted by Crippen LogP contribution is 2.12. The van der Waals surface area contributed by atoms with Crippen molar-refractivity contribution in [1.29, 1.82) is 0 Å². The number of rotatable bonds is 5. The van der Waals surface area contributed by atoms with Crippen molar-refractivity contribution in [3.63, 3.8) is 0 Å². The lowest BCUT2D eigenvalue weighted by Gasteiger charge is -2.06. The second-order valence-electron chi connectivity index (χ2n) is 4.51. The van der Waals surface area contributed by atoms with E-state index in [9.17, 15) is 14.4 Å². The number of aromatic nitrogens is 1. The summed E-state index contributed by atoms with van der Waals surface area (Å²) in [6, 6.07) is 9.87. The second-order valence-corrected chi connectivity index (χ2v) is 4.51. The molecule has 0 saturated carbocycles. The number of amides is 3. The number of pyridine rings is 1. The van der Waals surface area contributed by atoms with Gasteiger partial charge in [0.25, 0.3) is 5.91 Å². The lowest BCUT2D eigenvalue weighted by Crippen LogP contribution is -2.41. The summed E-state index contributed by atoms with van der Waals surface area (Å²) in [7, 11) is 0. The molecule has 2 N–H and O–H groups in total. The third-order valence-corrected chi connectivity index (χ3v) is 2.80. The number of para-hydroxylation sites is 1. The number of hydrogen-bond acceptors (Lipinski definition) is 5. The summed E-state index contributed by atoms with van der Waals surface area (Å²) in [4.78, 5) is 38.7. The summed E-state index contributed by atoms with van der Waals surface area (Å²) < 4.78 is 4.83. The summed E-state index contributed by atoms with van der Waals surface area (Å²) in [5, 5.41) is 5.27. The topological polar surface area (TPSA) is 97.4 Å². The standard InChI is InChI=1S/C16H15N3O4/c1-2-9-17-16(22)19-14(20)10-23-15(21)13-8-7-11-5-3-4-6-12(11)18-13/h2-8H,1,9-10H2,(H2,17,19,20,22). The average Bonchev–Trinajstić information content (AvgIpc) is 2.57. The molecule has 3 amide bonds. The first-order valence-electron chi connectivity index (χ1n) is 6.81. The van der Waals surface area contributed by atoms with Crippen LogP contribution in [0.25, 0.3) is 10.9 Å². The lowest BCUT2D eigenvalue weighted by molar-refractivity contribution is -0.123. The van der Waals surface area contributed by atoms with Crippen molar-refractivity contribution in [2.75, 3.05) is 13.2 Å². The Balaban J connectivity index is 1.89. The Morgan fingerprint density at radius 2 is 1.96 bits per heavy atom. The number of ether oxygens (including phenoxy) is 1. The van der Waals surface area contributed by atoms with Gasteiger partial charge in [-0.25, -0.2) is 14.6 Å². The van der Waals surface area contributed by atoms with Crippen LogP contribution in [0.4, 0.5) is 4.79 Å². The number of hydrogen-bond donors (Lipinski definition) is 2. The number of imide groups is 1. The van der Waals surface area contributed by atoms with Gasteiger partial charge in [-0.05, 0) is 12.1 Å². The molecule has 2 aromatic rings. The summed E-state index contributed by atoms with van der Waals surface area (Å²) in [6.07, 6.45) is 1.47. The van der Waals surface area contributed by atoms with E-state index >= 15 is 0 Å². The monoisotopic (exact) mass is 313 g/mol. The van der Waals surface area contributed by atoms with Crippen molar-refractivity contribution in [3.8, 4) is 0 Å². The van der Waals surface area contributed by atoms with Crippen LogP contribution in [0.15, 0.2) is 49.1 Å². The van der Waals surface area contributed by atoms with Crippen LogP contribution in [-0.2, 0) is 9.53 Å². The minimum Gasteiger partial charge on any atom is -0.451 e. The first-order chi connectivity index (χ1) is 11.1. The van der Waals surface area contributed by atoms with Gasteiger partial charge in [-0.2, -0.15) is 0 Å². The fraction of sp³-hybridized carbons (Fsp3) is 0.125. The maximum atomic E-state index is 11.9. The van der Waals surface area contributed by atoms with Crippen molar-refractivity contribution < 1.29 is 19.1 Å². The van der Waals surface area contributed by atoms with Gasteiger partial charge in [0.1, 0.15) is 5.69 Å². The van der Waals surface area contributed by atoms with E-state index in [2.05, 4.69) is 16.9 Å². The molecule has 1 heterocycles. The van der Waals surface area contributed by atoms with Gasteiger partial charge < -0.3 is 10.1 Å². The number of nitrogens with one attached hydrogen (secondary N) is 2. The molecule has 0 unspecified atom stereocenters. The molecule has 118 valence electrons. The largest absolute Gasteiger partial charge is 0.451 e. The molecule has 0 aliphatic carbocycles. The van der Waals surface area contributed by atoms with Crippen LogP contribution in [-0.4, -0.2) is 36.0 Å². The third-order valence-electron chi connectivity index (χ3n) is 2.80. The van der Waals surface area contributed by atoms with E-state index in [-0.39, 0.29) is 12.2 Å². The highest BCUT2D eigenvalue weighted by atomic mass is 16.5. The Morgan fingerprint density at radius 3 is 2.74 bits per heavy atom. The number of carbonyl (C=O) groups is 3. The van der Waals surface area contributed by atoms with Crippen LogP contribution in [0.5, 0.6) is 0 Å². The number of fused-ring (bicyclic) bond motifs is 1. The molecule has 0 aliphatic rings. The first-order valence-corrected chi connectivity index (χ1v) is 6.81. The number of benzene rings is 1. The van der Waals surface area contributed by atoms with Gasteiger partial charge >= 0.3 is 12.0 Å². The summed E-state index contributed by atoms with van der Waals surface area (Å²) in [5.41, 5.74) is 0.739. The predicted molar refractivity (Wildman–Crippen MR) is 83.8 cm³/mol. The number of carbonyl (C=O) groups excluding carboxylic acids is 3. The molecule has 0 fully saturated rings. The fourth-order valence-electron chi connectivity index (χ4n) is 1.76. The predicted octanol–water partition coefficient (Wildman–Crippen LogP) is 1.40. The van der Waals surface area contributed by atoms with E-state index in [1.165, 1.54) is 12.1 Å². The molecular formula is C16H15N3O4. The Kier molecular flexibility index (Phi) is 5.40. The molecule has 0 aliphatic heterocycles. The number of urea groups is 1. The minimum absolute atomic E-state index is 0.0904. The van der Waals surface area contributed by atoms with Crippen LogP contribution < -0.4 is 10.6 Å². The molecule has 0 bridgehead atoms. The van der Waals surface area contributed by atoms with Gasteiger partial charge in [0.2, 0.25) is 0 Å². The van der Waals surface area contributed by atoms with Crippen molar-refractivity contribution in [1.82, 2.24) is 15.6 Å². The molecule has 2 rings (SSSR count). The molecule has 1 aromatic carbocycles.